The van der Waals surface area contributed by atoms with Crippen molar-refractivity contribution in [3.63, 3.8) is 0 Å². The molecule has 8 heteroatoms. The van der Waals surface area contributed by atoms with Crippen LogP contribution in [0, 0.1) is 11.3 Å². The number of anilines is 1. The highest BCUT2D eigenvalue weighted by Crippen LogP contribution is 2.37. The van der Waals surface area contributed by atoms with Gasteiger partial charge in [0.15, 0.2) is 5.82 Å². The summed E-state index contributed by atoms with van der Waals surface area (Å²) in [6.45, 7) is 1.39. The molecule has 1 amide bonds. The van der Waals surface area contributed by atoms with Gasteiger partial charge in [-0.1, -0.05) is 54.6 Å². The third-order valence-corrected chi connectivity index (χ3v) is 6.39. The lowest BCUT2D eigenvalue weighted by molar-refractivity contribution is 0.00694. The van der Waals surface area contributed by atoms with Gasteiger partial charge >= 0.3 is 0 Å². The predicted octanol–water partition coefficient (Wildman–Crippen LogP) is 3.54. The number of aromatic nitrogens is 2. The molecule has 1 aliphatic rings. The molecule has 4 rings (SSSR count). The lowest BCUT2D eigenvalue weighted by Crippen LogP contribution is -2.54. The average molecular weight is 447 g/mol. The molecular formula is C25H27FN6O. The molecule has 1 aromatic heterocycles. The van der Waals surface area contributed by atoms with E-state index in [-0.39, 0.29) is 24.3 Å². The number of primary amides is 1. The topological polar surface area (TPSA) is 100.0 Å². The lowest BCUT2D eigenvalue weighted by Gasteiger charge is -2.43. The Kier molecular flexibility index (Phi) is 6.43. The maximum absolute atomic E-state index is 15.7. The van der Waals surface area contributed by atoms with Crippen molar-refractivity contribution in [1.82, 2.24) is 14.7 Å². The number of nitrogens with two attached hydrogens (primary N) is 1. The van der Waals surface area contributed by atoms with Gasteiger partial charge in [0, 0.05) is 32.9 Å². The van der Waals surface area contributed by atoms with Crippen LogP contribution in [0.4, 0.5) is 10.2 Å². The Labute approximate surface area is 192 Å². The maximum atomic E-state index is 15.7. The molecule has 7 nitrogen and oxygen atoms in total. The van der Waals surface area contributed by atoms with E-state index >= 15 is 4.39 Å². The Balaban J connectivity index is 1.50. The number of piperidine rings is 1. The van der Waals surface area contributed by atoms with Gasteiger partial charge in [-0.3, -0.25) is 14.4 Å². The van der Waals surface area contributed by atoms with E-state index in [4.69, 9.17) is 5.73 Å². The molecule has 3 N–H and O–H groups in total. The molecule has 33 heavy (non-hydrogen) atoms. The predicted molar refractivity (Wildman–Crippen MR) is 125 cm³/mol. The van der Waals surface area contributed by atoms with Crippen molar-refractivity contribution in [1.29, 1.82) is 5.26 Å². The van der Waals surface area contributed by atoms with Gasteiger partial charge in [0.2, 0.25) is 0 Å². The summed E-state index contributed by atoms with van der Waals surface area (Å²) in [4.78, 5) is 13.8. The first kappa shape index (κ1) is 22.5. The minimum Gasteiger partial charge on any atom is -0.371 e. The first-order chi connectivity index (χ1) is 16.0. The second-order valence-electron chi connectivity index (χ2n) is 8.40. The number of nitrogens with one attached hydrogen (secondary N) is 1. The summed E-state index contributed by atoms with van der Waals surface area (Å²) in [7, 11) is 1.62. The smallest absolute Gasteiger partial charge is 0.254 e. The highest BCUT2D eigenvalue weighted by molar-refractivity contribution is 5.97. The number of benzene rings is 2. The third kappa shape index (κ3) is 4.45. The molecule has 2 atom stereocenters. The molecule has 2 heterocycles. The maximum Gasteiger partial charge on any atom is 0.254 e. The minimum atomic E-state index is -1.33. The van der Waals surface area contributed by atoms with Crippen LogP contribution in [-0.4, -0.2) is 46.9 Å². The van der Waals surface area contributed by atoms with Crippen LogP contribution in [-0.2, 0) is 12.1 Å². The monoisotopic (exact) mass is 446 g/mol. The van der Waals surface area contributed by atoms with Crippen molar-refractivity contribution in [2.24, 2.45) is 5.73 Å². The van der Waals surface area contributed by atoms with Crippen LogP contribution >= 0.6 is 0 Å². The number of carbonyl (C=O) groups is 1. The van der Waals surface area contributed by atoms with Gasteiger partial charge < -0.3 is 11.1 Å². The van der Waals surface area contributed by atoms with Crippen LogP contribution in [0.3, 0.4) is 0 Å². The normalized spacial score (nSPS) is 20.8. The molecule has 0 radical (unpaired) electrons. The summed E-state index contributed by atoms with van der Waals surface area (Å²) in [5, 5.41) is 16.6. The van der Waals surface area contributed by atoms with Crippen molar-refractivity contribution < 1.29 is 9.18 Å². The first-order valence-corrected chi connectivity index (χ1v) is 10.9. The summed E-state index contributed by atoms with van der Waals surface area (Å²) in [5.41, 5.74) is 7.88. The van der Waals surface area contributed by atoms with Gasteiger partial charge in [-0.25, -0.2) is 4.39 Å². The van der Waals surface area contributed by atoms with E-state index in [0.717, 1.165) is 16.7 Å². The summed E-state index contributed by atoms with van der Waals surface area (Å²) < 4.78 is 17.1. The van der Waals surface area contributed by atoms with Gasteiger partial charge in [0.25, 0.3) is 5.91 Å². The number of nitrogens with zero attached hydrogens (tertiary/aromatic N) is 4. The molecule has 2 aromatic carbocycles. The molecule has 1 fully saturated rings. The minimum absolute atomic E-state index is 0.0448. The van der Waals surface area contributed by atoms with Crippen LogP contribution in [0.1, 0.15) is 28.8 Å². The van der Waals surface area contributed by atoms with Gasteiger partial charge in [-0.15, -0.1) is 0 Å². The molecule has 0 aliphatic carbocycles. The molecule has 0 saturated carbocycles. The molecule has 0 spiro atoms. The summed E-state index contributed by atoms with van der Waals surface area (Å²) >= 11 is 0. The Morgan fingerprint density at radius 3 is 2.52 bits per heavy atom. The highest BCUT2D eigenvalue weighted by Gasteiger charge is 2.46. The Morgan fingerprint density at radius 2 is 1.94 bits per heavy atom. The van der Waals surface area contributed by atoms with E-state index < -0.39 is 17.6 Å². The van der Waals surface area contributed by atoms with Crippen molar-refractivity contribution in [2.75, 3.05) is 25.5 Å². The fourth-order valence-corrected chi connectivity index (χ4v) is 4.47. The van der Waals surface area contributed by atoms with Gasteiger partial charge in [0.1, 0.15) is 17.3 Å². The van der Waals surface area contributed by atoms with Crippen LogP contribution < -0.4 is 11.1 Å². The van der Waals surface area contributed by atoms with Gasteiger partial charge in [0.05, 0.1) is 12.5 Å². The second-order valence-corrected chi connectivity index (χ2v) is 8.40. The van der Waals surface area contributed by atoms with E-state index in [0.29, 0.717) is 19.5 Å². The number of rotatable bonds is 7. The number of likely N-dealkylation sites (tertiary alicyclic amines) is 1. The molecular weight excluding hydrogens is 419 g/mol. The number of carbonyl (C=O) groups excluding carboxylic acids is 1. The van der Waals surface area contributed by atoms with Gasteiger partial charge in [-0.2, -0.15) is 10.4 Å². The number of hydrogen-bond acceptors (Lipinski definition) is 5. The average Bonchev–Trinajstić information content (AvgIpc) is 3.28. The zero-order valence-electron chi connectivity index (χ0n) is 18.5. The van der Waals surface area contributed by atoms with E-state index in [1.807, 2.05) is 18.2 Å². The molecule has 1 aliphatic heterocycles. The third-order valence-electron chi connectivity index (χ3n) is 6.39. The first-order valence-electron chi connectivity index (χ1n) is 10.9. The number of nitriles is 1. The van der Waals surface area contributed by atoms with E-state index in [9.17, 15) is 10.1 Å². The van der Waals surface area contributed by atoms with E-state index in [1.165, 1.54) is 10.9 Å². The SMILES string of the molecule is CNc1nn(C2(CC#N)CCN(Cc3ccc(-c4ccccc4)cc3)CC2F)cc1C(N)=O. The Morgan fingerprint density at radius 1 is 1.24 bits per heavy atom. The quantitative estimate of drug-likeness (QED) is 0.578. The van der Waals surface area contributed by atoms with Crippen molar-refractivity contribution in [3.8, 4) is 17.2 Å². The van der Waals surface area contributed by atoms with Crippen molar-refractivity contribution in [3.05, 3.63) is 71.9 Å². The van der Waals surface area contributed by atoms with Crippen LogP contribution in [0.2, 0.25) is 0 Å². The highest BCUT2D eigenvalue weighted by atomic mass is 19.1. The molecule has 0 bridgehead atoms. The van der Waals surface area contributed by atoms with Crippen molar-refractivity contribution >= 4 is 11.7 Å². The van der Waals surface area contributed by atoms with E-state index in [1.54, 1.807) is 7.05 Å². The zero-order valence-corrected chi connectivity index (χ0v) is 18.5. The largest absolute Gasteiger partial charge is 0.371 e. The summed E-state index contributed by atoms with van der Waals surface area (Å²) in [6.07, 6.45) is 0.472. The van der Waals surface area contributed by atoms with Crippen molar-refractivity contribution in [2.45, 2.75) is 31.1 Å². The molecule has 1 saturated heterocycles. The fourth-order valence-electron chi connectivity index (χ4n) is 4.47. The number of hydrogen-bond donors (Lipinski definition) is 2. The Bertz CT molecular complexity index is 1150. The summed E-state index contributed by atoms with van der Waals surface area (Å²) in [6, 6.07) is 20.6. The number of amides is 1. The van der Waals surface area contributed by atoms with Gasteiger partial charge in [-0.05, 0) is 23.1 Å². The molecule has 3 aromatic rings. The lowest BCUT2D eigenvalue weighted by atomic mass is 9.83. The van der Waals surface area contributed by atoms with Crippen LogP contribution in [0.15, 0.2) is 60.8 Å². The zero-order chi connectivity index (χ0) is 23.4. The second kappa shape index (κ2) is 9.43. The summed E-state index contributed by atoms with van der Waals surface area (Å²) in [5.74, 6) is -0.363. The molecule has 170 valence electrons. The molecule has 2 unspecified atom stereocenters. The number of halogens is 1. The Hall–Kier alpha value is -3.70. The van der Waals surface area contributed by atoms with Crippen LogP contribution in [0.5, 0.6) is 0 Å². The fraction of sp³-hybridized carbons (Fsp3) is 0.320. The number of alkyl halides is 1. The standard InChI is InChI=1S/C25H27FN6O/c1-29-24-21(23(28)33)16-32(30-24)25(11-13-27)12-14-31(17-22(25)26)15-18-7-9-20(10-8-18)19-5-3-2-4-6-19/h2-10,16,22H,11-12,14-15,17H2,1H3,(H2,28,33)(H,29,30). The van der Waals surface area contributed by atoms with Crippen LogP contribution in [0.25, 0.3) is 11.1 Å². The van der Waals surface area contributed by atoms with E-state index in [2.05, 4.69) is 57.8 Å².